The molecule has 0 spiro atoms. The Morgan fingerprint density at radius 3 is 1.11 bits per heavy atom. The first-order valence-electron chi connectivity index (χ1n) is 28.9. The van der Waals surface area contributed by atoms with Crippen molar-refractivity contribution in [2.24, 2.45) is 0 Å². The molecule has 3 unspecified atom stereocenters. The van der Waals surface area contributed by atoms with Crippen LogP contribution in [0.3, 0.4) is 0 Å². The number of allylic oxidation sites excluding steroid dienone is 2. The SMILES string of the molecule is CCCCCCCC/C=C/CCCCCCCCCC(=O)OC(CCCCCCCCCCCCCCC)CC(=O)NC(CO)C(O)CCCCCCCCCCCCCCCCC. The van der Waals surface area contributed by atoms with Gasteiger partial charge in [-0.15, -0.1) is 0 Å². The van der Waals surface area contributed by atoms with E-state index in [1.165, 1.54) is 231 Å². The van der Waals surface area contributed by atoms with Crippen LogP contribution < -0.4 is 5.32 Å². The maximum Gasteiger partial charge on any atom is 0.306 e. The van der Waals surface area contributed by atoms with Gasteiger partial charge in [0, 0.05) is 6.42 Å². The van der Waals surface area contributed by atoms with Gasteiger partial charge in [0.1, 0.15) is 6.10 Å². The molecular weight excluding hydrogens is 791 g/mol. The summed E-state index contributed by atoms with van der Waals surface area (Å²) in [6.45, 7) is 6.52. The van der Waals surface area contributed by atoms with Gasteiger partial charge in [-0.05, 0) is 51.4 Å². The summed E-state index contributed by atoms with van der Waals surface area (Å²) in [5.74, 6) is -0.456. The number of unbranched alkanes of at least 4 members (excludes halogenated alkanes) is 39. The Morgan fingerprint density at radius 2 is 0.750 bits per heavy atom. The van der Waals surface area contributed by atoms with Gasteiger partial charge in [0.2, 0.25) is 5.91 Å². The van der Waals surface area contributed by atoms with Crippen molar-refractivity contribution in [3.63, 3.8) is 0 Å². The summed E-state index contributed by atoms with van der Waals surface area (Å²) in [4.78, 5) is 26.2. The normalized spacial score (nSPS) is 13.1. The number of rotatable bonds is 53. The van der Waals surface area contributed by atoms with Gasteiger partial charge in [0.25, 0.3) is 0 Å². The zero-order valence-electron chi connectivity index (χ0n) is 43.4. The van der Waals surface area contributed by atoms with Gasteiger partial charge < -0.3 is 20.3 Å². The molecule has 0 aliphatic heterocycles. The van der Waals surface area contributed by atoms with Crippen LogP contribution in [-0.2, 0) is 14.3 Å². The van der Waals surface area contributed by atoms with E-state index in [9.17, 15) is 19.8 Å². The molecule has 64 heavy (non-hydrogen) atoms. The van der Waals surface area contributed by atoms with E-state index >= 15 is 0 Å². The van der Waals surface area contributed by atoms with Gasteiger partial charge in [-0.1, -0.05) is 270 Å². The van der Waals surface area contributed by atoms with Crippen molar-refractivity contribution in [2.75, 3.05) is 6.61 Å². The zero-order chi connectivity index (χ0) is 46.7. The smallest absolute Gasteiger partial charge is 0.306 e. The van der Waals surface area contributed by atoms with E-state index in [0.29, 0.717) is 19.3 Å². The van der Waals surface area contributed by atoms with Crippen LogP contribution in [0.2, 0.25) is 0 Å². The van der Waals surface area contributed by atoms with Crippen molar-refractivity contribution in [3.05, 3.63) is 12.2 Å². The van der Waals surface area contributed by atoms with Crippen molar-refractivity contribution < 1.29 is 24.5 Å². The second kappa shape index (κ2) is 52.6. The Labute approximate surface area is 399 Å². The first-order valence-corrected chi connectivity index (χ1v) is 28.9. The van der Waals surface area contributed by atoms with Crippen LogP contribution in [0.5, 0.6) is 0 Å². The summed E-state index contributed by atoms with van der Waals surface area (Å²) < 4.78 is 5.96. The molecule has 0 fully saturated rings. The largest absolute Gasteiger partial charge is 0.462 e. The monoisotopic (exact) mass is 904 g/mol. The number of hydrogen-bond acceptors (Lipinski definition) is 5. The molecule has 0 saturated carbocycles. The van der Waals surface area contributed by atoms with E-state index in [4.69, 9.17) is 4.74 Å². The van der Waals surface area contributed by atoms with Crippen molar-refractivity contribution in [1.29, 1.82) is 0 Å². The maximum atomic E-state index is 13.3. The number of esters is 1. The third-order valence-corrected chi connectivity index (χ3v) is 13.6. The number of carbonyl (C=O) groups is 2. The van der Waals surface area contributed by atoms with E-state index < -0.39 is 18.2 Å². The lowest BCUT2D eigenvalue weighted by molar-refractivity contribution is -0.151. The highest BCUT2D eigenvalue weighted by Gasteiger charge is 2.24. The first-order chi connectivity index (χ1) is 31.5. The molecule has 0 aromatic carbocycles. The molecule has 0 aromatic rings. The average Bonchev–Trinajstić information content (AvgIpc) is 3.29. The van der Waals surface area contributed by atoms with Crippen LogP contribution in [0.25, 0.3) is 0 Å². The van der Waals surface area contributed by atoms with E-state index in [-0.39, 0.29) is 24.9 Å². The predicted molar refractivity (Wildman–Crippen MR) is 278 cm³/mol. The lowest BCUT2D eigenvalue weighted by Crippen LogP contribution is -2.46. The molecular formula is C58H113NO5. The summed E-state index contributed by atoms with van der Waals surface area (Å²) in [6, 6.07) is -0.696. The molecule has 3 atom stereocenters. The summed E-state index contributed by atoms with van der Waals surface area (Å²) in [7, 11) is 0. The molecule has 0 aromatic heterocycles. The predicted octanol–water partition coefficient (Wildman–Crippen LogP) is 17.7. The minimum absolute atomic E-state index is 0.0837. The summed E-state index contributed by atoms with van der Waals surface area (Å²) in [5, 5.41) is 23.9. The average molecular weight is 905 g/mol. The lowest BCUT2D eigenvalue weighted by Gasteiger charge is -2.24. The maximum absolute atomic E-state index is 13.3. The Hall–Kier alpha value is -1.40. The molecule has 0 aliphatic rings. The molecule has 0 saturated heterocycles. The van der Waals surface area contributed by atoms with Crippen LogP contribution >= 0.6 is 0 Å². The number of carbonyl (C=O) groups excluding carboxylic acids is 2. The molecule has 0 aliphatic carbocycles. The molecule has 380 valence electrons. The summed E-state index contributed by atoms with van der Waals surface area (Å²) in [6.07, 6.45) is 59.9. The number of hydrogen-bond donors (Lipinski definition) is 3. The Morgan fingerprint density at radius 1 is 0.438 bits per heavy atom. The van der Waals surface area contributed by atoms with Crippen molar-refractivity contribution in [2.45, 2.75) is 341 Å². The van der Waals surface area contributed by atoms with Gasteiger partial charge in [-0.25, -0.2) is 0 Å². The van der Waals surface area contributed by atoms with E-state index in [1.54, 1.807) is 0 Å². The molecule has 0 heterocycles. The number of aliphatic hydroxyl groups is 2. The van der Waals surface area contributed by atoms with Gasteiger partial charge in [-0.3, -0.25) is 9.59 Å². The van der Waals surface area contributed by atoms with Gasteiger partial charge in [0.15, 0.2) is 0 Å². The van der Waals surface area contributed by atoms with Crippen molar-refractivity contribution in [3.8, 4) is 0 Å². The molecule has 6 heteroatoms. The van der Waals surface area contributed by atoms with Crippen LogP contribution in [0, 0.1) is 0 Å². The molecule has 3 N–H and O–H groups in total. The fourth-order valence-electron chi connectivity index (χ4n) is 9.19. The topological polar surface area (TPSA) is 95.9 Å². The standard InChI is InChI=1S/C58H113NO5/c1-4-7-10-13-16-19-22-25-27-28-30-33-36-39-42-45-48-51-58(63)64-54(49-46-43-40-37-34-31-24-21-18-15-12-9-6-3)52-57(62)59-55(53-60)56(61)50-47-44-41-38-35-32-29-26-23-20-17-14-11-8-5-2/h25,27,54-56,60-61H,4-24,26,28-53H2,1-3H3,(H,59,62)/b27-25+. The van der Waals surface area contributed by atoms with Gasteiger partial charge in [-0.2, -0.15) is 0 Å². The summed E-state index contributed by atoms with van der Waals surface area (Å²) >= 11 is 0. The third-order valence-electron chi connectivity index (χ3n) is 13.6. The summed E-state index contributed by atoms with van der Waals surface area (Å²) in [5.41, 5.74) is 0. The fourth-order valence-corrected chi connectivity index (χ4v) is 9.19. The van der Waals surface area contributed by atoms with E-state index in [1.807, 2.05) is 0 Å². The molecule has 6 nitrogen and oxygen atoms in total. The highest BCUT2D eigenvalue weighted by Crippen LogP contribution is 2.19. The zero-order valence-corrected chi connectivity index (χ0v) is 43.4. The molecule has 0 rings (SSSR count). The second-order valence-corrected chi connectivity index (χ2v) is 20.1. The van der Waals surface area contributed by atoms with Gasteiger partial charge >= 0.3 is 5.97 Å². The quantitative estimate of drug-likeness (QED) is 0.0321. The highest BCUT2D eigenvalue weighted by atomic mass is 16.5. The Balaban J connectivity index is 4.48. The van der Waals surface area contributed by atoms with E-state index in [0.717, 1.165) is 44.9 Å². The molecule has 0 radical (unpaired) electrons. The number of amides is 1. The van der Waals surface area contributed by atoms with Crippen molar-refractivity contribution >= 4 is 11.9 Å². The number of ether oxygens (including phenoxy) is 1. The lowest BCUT2D eigenvalue weighted by atomic mass is 10.0. The van der Waals surface area contributed by atoms with Crippen LogP contribution in [0.1, 0.15) is 323 Å². The van der Waals surface area contributed by atoms with Crippen molar-refractivity contribution in [1.82, 2.24) is 5.32 Å². The minimum Gasteiger partial charge on any atom is -0.462 e. The minimum atomic E-state index is -0.783. The number of aliphatic hydroxyl groups excluding tert-OH is 2. The van der Waals surface area contributed by atoms with Crippen LogP contribution in [0.4, 0.5) is 0 Å². The van der Waals surface area contributed by atoms with E-state index in [2.05, 4.69) is 38.2 Å². The van der Waals surface area contributed by atoms with Crippen LogP contribution in [-0.4, -0.2) is 46.9 Å². The molecule has 1 amide bonds. The third kappa shape index (κ3) is 47.1. The molecule has 0 bridgehead atoms. The Bertz CT molecular complexity index is 970. The van der Waals surface area contributed by atoms with Crippen LogP contribution in [0.15, 0.2) is 12.2 Å². The number of nitrogens with one attached hydrogen (secondary N) is 1. The second-order valence-electron chi connectivity index (χ2n) is 20.1. The Kier molecular flexibility index (Phi) is 51.4. The fraction of sp³-hybridized carbons (Fsp3) is 0.931. The first kappa shape index (κ1) is 62.6. The highest BCUT2D eigenvalue weighted by molar-refractivity contribution is 5.77. The van der Waals surface area contributed by atoms with Gasteiger partial charge in [0.05, 0.1) is 25.2 Å².